The molecule has 0 bridgehead atoms. The van der Waals surface area contributed by atoms with Crippen molar-refractivity contribution < 1.29 is 29.9 Å². The number of allylic oxidation sites excluding steroid dienone is 1. The molecule has 100 valence electrons. The maximum atomic E-state index is 9.65. The standard InChI is InChI=1S/C11H20O6/c1-3-6(2)5-16-11-10(15)9(14)8(13)7(4-12)17-11/h3,7-15H,4-5H2,1-2H3/b6-3+. The molecule has 0 aromatic rings. The maximum Gasteiger partial charge on any atom is 0.187 e. The molecule has 1 aliphatic heterocycles. The second kappa shape index (κ2) is 6.44. The highest BCUT2D eigenvalue weighted by molar-refractivity contribution is 4.96. The average molecular weight is 248 g/mol. The third-order valence-corrected chi connectivity index (χ3v) is 2.82. The summed E-state index contributed by atoms with van der Waals surface area (Å²) < 4.78 is 10.4. The van der Waals surface area contributed by atoms with Gasteiger partial charge in [-0.2, -0.15) is 0 Å². The van der Waals surface area contributed by atoms with Crippen molar-refractivity contribution in [3.63, 3.8) is 0 Å². The quantitative estimate of drug-likeness (QED) is 0.465. The van der Waals surface area contributed by atoms with E-state index in [1.807, 2.05) is 19.9 Å². The van der Waals surface area contributed by atoms with Crippen molar-refractivity contribution >= 4 is 0 Å². The Morgan fingerprint density at radius 1 is 1.24 bits per heavy atom. The van der Waals surface area contributed by atoms with Gasteiger partial charge < -0.3 is 29.9 Å². The molecular weight excluding hydrogens is 228 g/mol. The van der Waals surface area contributed by atoms with Crippen LogP contribution in [0.2, 0.25) is 0 Å². The normalized spacial score (nSPS) is 39.4. The van der Waals surface area contributed by atoms with E-state index in [2.05, 4.69) is 0 Å². The van der Waals surface area contributed by atoms with Crippen LogP contribution in [-0.2, 0) is 9.47 Å². The highest BCUT2D eigenvalue weighted by Gasteiger charge is 2.43. The molecule has 0 amide bonds. The maximum absolute atomic E-state index is 9.65. The summed E-state index contributed by atoms with van der Waals surface area (Å²) in [4.78, 5) is 0. The Morgan fingerprint density at radius 2 is 1.88 bits per heavy atom. The summed E-state index contributed by atoms with van der Waals surface area (Å²) in [6, 6.07) is 0. The van der Waals surface area contributed by atoms with Crippen molar-refractivity contribution in [3.8, 4) is 0 Å². The second-order valence-corrected chi connectivity index (χ2v) is 4.14. The smallest absolute Gasteiger partial charge is 0.187 e. The molecule has 4 N–H and O–H groups in total. The van der Waals surface area contributed by atoms with Gasteiger partial charge in [0.15, 0.2) is 6.29 Å². The van der Waals surface area contributed by atoms with Gasteiger partial charge in [0.1, 0.15) is 24.4 Å². The third-order valence-electron chi connectivity index (χ3n) is 2.82. The Hall–Kier alpha value is -0.500. The lowest BCUT2D eigenvalue weighted by Crippen LogP contribution is -2.59. The summed E-state index contributed by atoms with van der Waals surface area (Å²) in [5, 5.41) is 37.6. The zero-order chi connectivity index (χ0) is 13.0. The first kappa shape index (κ1) is 14.6. The molecule has 0 saturated carbocycles. The predicted molar refractivity (Wildman–Crippen MR) is 59.2 cm³/mol. The van der Waals surface area contributed by atoms with Crippen molar-refractivity contribution in [2.75, 3.05) is 13.2 Å². The molecule has 0 radical (unpaired) electrons. The first-order chi connectivity index (χ1) is 8.01. The molecule has 0 aliphatic carbocycles. The zero-order valence-electron chi connectivity index (χ0n) is 9.98. The SMILES string of the molecule is C/C=C(\C)COC1OC(CO)C(O)C(O)C1O. The lowest BCUT2D eigenvalue weighted by atomic mass is 9.99. The van der Waals surface area contributed by atoms with Crippen LogP contribution in [0.5, 0.6) is 0 Å². The highest BCUT2D eigenvalue weighted by Crippen LogP contribution is 2.22. The van der Waals surface area contributed by atoms with Gasteiger partial charge in [-0.05, 0) is 13.8 Å². The van der Waals surface area contributed by atoms with Crippen LogP contribution in [-0.4, -0.2) is 64.3 Å². The van der Waals surface area contributed by atoms with Gasteiger partial charge in [-0.15, -0.1) is 0 Å². The highest BCUT2D eigenvalue weighted by atomic mass is 16.7. The molecule has 5 atom stereocenters. The fraction of sp³-hybridized carbons (Fsp3) is 0.818. The zero-order valence-corrected chi connectivity index (χ0v) is 9.98. The summed E-state index contributed by atoms with van der Waals surface area (Å²) in [6.07, 6.45) is -4.21. The van der Waals surface area contributed by atoms with Gasteiger partial charge in [-0.3, -0.25) is 0 Å². The van der Waals surface area contributed by atoms with Crippen molar-refractivity contribution in [3.05, 3.63) is 11.6 Å². The Balaban J connectivity index is 2.59. The molecule has 1 rings (SSSR count). The minimum Gasteiger partial charge on any atom is -0.394 e. The van der Waals surface area contributed by atoms with Crippen LogP contribution >= 0.6 is 0 Å². The molecule has 1 saturated heterocycles. The lowest BCUT2D eigenvalue weighted by Gasteiger charge is -2.39. The Bertz CT molecular complexity index is 265. The number of hydrogen-bond acceptors (Lipinski definition) is 6. The van der Waals surface area contributed by atoms with Gasteiger partial charge in [-0.1, -0.05) is 11.6 Å². The summed E-state index contributed by atoms with van der Waals surface area (Å²) in [6.45, 7) is 3.50. The Kier molecular flexibility index (Phi) is 5.51. The van der Waals surface area contributed by atoms with E-state index >= 15 is 0 Å². The molecule has 5 unspecified atom stereocenters. The van der Waals surface area contributed by atoms with E-state index in [1.165, 1.54) is 0 Å². The largest absolute Gasteiger partial charge is 0.394 e. The molecule has 6 heteroatoms. The van der Waals surface area contributed by atoms with E-state index in [0.717, 1.165) is 5.57 Å². The Labute approximate surface area is 100 Å². The number of aliphatic hydroxyl groups is 4. The van der Waals surface area contributed by atoms with Crippen LogP contribution in [0.4, 0.5) is 0 Å². The van der Waals surface area contributed by atoms with Gasteiger partial charge >= 0.3 is 0 Å². The van der Waals surface area contributed by atoms with E-state index in [9.17, 15) is 15.3 Å². The molecule has 1 fully saturated rings. The van der Waals surface area contributed by atoms with Gasteiger partial charge in [0.25, 0.3) is 0 Å². The van der Waals surface area contributed by atoms with Crippen LogP contribution in [0, 0.1) is 0 Å². The van der Waals surface area contributed by atoms with Crippen LogP contribution < -0.4 is 0 Å². The molecule has 0 aromatic heterocycles. The van der Waals surface area contributed by atoms with E-state index in [-0.39, 0.29) is 6.61 Å². The summed E-state index contributed by atoms with van der Waals surface area (Å²) in [5.41, 5.74) is 0.946. The van der Waals surface area contributed by atoms with Crippen LogP contribution in [0.25, 0.3) is 0 Å². The monoisotopic (exact) mass is 248 g/mol. The van der Waals surface area contributed by atoms with E-state index in [1.54, 1.807) is 0 Å². The number of ether oxygens (including phenoxy) is 2. The fourth-order valence-electron chi connectivity index (χ4n) is 1.50. The Morgan fingerprint density at radius 3 is 2.41 bits per heavy atom. The van der Waals surface area contributed by atoms with Gasteiger partial charge in [-0.25, -0.2) is 0 Å². The van der Waals surface area contributed by atoms with Crippen molar-refractivity contribution in [1.82, 2.24) is 0 Å². The molecule has 6 nitrogen and oxygen atoms in total. The number of aliphatic hydroxyl groups excluding tert-OH is 4. The second-order valence-electron chi connectivity index (χ2n) is 4.14. The molecule has 0 spiro atoms. The topological polar surface area (TPSA) is 99.4 Å². The molecule has 1 aliphatic rings. The van der Waals surface area contributed by atoms with E-state index in [4.69, 9.17) is 14.6 Å². The first-order valence-electron chi connectivity index (χ1n) is 5.55. The molecular formula is C11H20O6. The lowest BCUT2D eigenvalue weighted by molar-refractivity contribution is -0.299. The summed E-state index contributed by atoms with van der Waals surface area (Å²) >= 11 is 0. The van der Waals surface area contributed by atoms with Gasteiger partial charge in [0.05, 0.1) is 13.2 Å². The van der Waals surface area contributed by atoms with Crippen LogP contribution in [0.15, 0.2) is 11.6 Å². The van der Waals surface area contributed by atoms with Crippen LogP contribution in [0.1, 0.15) is 13.8 Å². The number of rotatable bonds is 4. The van der Waals surface area contributed by atoms with Crippen LogP contribution in [0.3, 0.4) is 0 Å². The molecule has 17 heavy (non-hydrogen) atoms. The van der Waals surface area contributed by atoms with Crippen molar-refractivity contribution in [2.24, 2.45) is 0 Å². The first-order valence-corrected chi connectivity index (χ1v) is 5.55. The van der Waals surface area contributed by atoms with Crippen molar-refractivity contribution in [2.45, 2.75) is 44.6 Å². The summed E-state index contributed by atoms with van der Waals surface area (Å²) in [5.74, 6) is 0. The van der Waals surface area contributed by atoms with E-state index in [0.29, 0.717) is 0 Å². The van der Waals surface area contributed by atoms with Gasteiger partial charge in [0.2, 0.25) is 0 Å². The average Bonchev–Trinajstić information content (AvgIpc) is 2.34. The third kappa shape index (κ3) is 3.48. The van der Waals surface area contributed by atoms with Crippen molar-refractivity contribution in [1.29, 1.82) is 0 Å². The fourth-order valence-corrected chi connectivity index (χ4v) is 1.50. The molecule has 1 heterocycles. The minimum absolute atomic E-state index is 0.249. The number of hydrogen-bond donors (Lipinski definition) is 4. The molecule has 0 aromatic carbocycles. The summed E-state index contributed by atoms with van der Waals surface area (Å²) in [7, 11) is 0. The van der Waals surface area contributed by atoms with Gasteiger partial charge in [0, 0.05) is 0 Å². The predicted octanol–water partition coefficient (Wildman–Crippen LogP) is -1.23. The minimum atomic E-state index is -1.39. The van der Waals surface area contributed by atoms with E-state index < -0.39 is 37.3 Å².